The van der Waals surface area contributed by atoms with Gasteiger partial charge in [0.05, 0.1) is 6.61 Å². The highest BCUT2D eigenvalue weighted by atomic mass is 16.3. The maximum absolute atomic E-state index is 10.0. The first-order chi connectivity index (χ1) is 4.31. The van der Waals surface area contributed by atoms with E-state index in [9.17, 15) is 5.11 Å². The van der Waals surface area contributed by atoms with Gasteiger partial charge in [0.25, 0.3) is 0 Å². The first-order valence-electron chi connectivity index (χ1n) is 3.50. The van der Waals surface area contributed by atoms with Gasteiger partial charge in [0.15, 0.2) is 0 Å². The summed E-state index contributed by atoms with van der Waals surface area (Å²) in [6, 6.07) is 0. The Morgan fingerprint density at radius 3 is 2.56 bits per heavy atom. The van der Waals surface area contributed by atoms with E-state index in [1.165, 1.54) is 0 Å². The Labute approximate surface area is 56.5 Å². The average Bonchev–Trinajstić information content (AvgIpc) is 1.85. The van der Waals surface area contributed by atoms with E-state index in [2.05, 4.69) is 0 Å². The molecule has 0 amide bonds. The molecule has 55 valence electrons. The highest BCUT2D eigenvalue weighted by Gasteiger charge is 1.99. The molecule has 0 saturated heterocycles. The normalized spacial score (nSPS) is 13.7. The Hall–Kier alpha value is -0.0800. The molecule has 0 fully saturated rings. The van der Waals surface area contributed by atoms with Crippen LogP contribution in [0.25, 0.3) is 0 Å². The van der Waals surface area contributed by atoms with Gasteiger partial charge in [-0.15, -0.1) is 0 Å². The van der Waals surface area contributed by atoms with Gasteiger partial charge in [-0.1, -0.05) is 6.92 Å². The van der Waals surface area contributed by atoms with Crippen molar-refractivity contribution in [2.24, 2.45) is 5.92 Å². The molecule has 0 aromatic rings. The van der Waals surface area contributed by atoms with Crippen molar-refractivity contribution in [2.75, 3.05) is 13.2 Å². The minimum atomic E-state index is 0.0204. The second kappa shape index (κ2) is 6.05. The highest BCUT2D eigenvalue weighted by Crippen LogP contribution is 2.08. The number of aliphatic hydroxyl groups is 1. The Morgan fingerprint density at radius 2 is 2.11 bits per heavy atom. The zero-order chi connectivity index (χ0) is 7.11. The molecule has 0 aliphatic rings. The third kappa shape index (κ3) is 5.80. The fourth-order valence-corrected chi connectivity index (χ4v) is 0.785. The zero-order valence-corrected chi connectivity index (χ0v) is 5.97. The molecule has 2 nitrogen and oxygen atoms in total. The van der Waals surface area contributed by atoms with E-state index >= 15 is 0 Å². The van der Waals surface area contributed by atoms with E-state index in [0.717, 1.165) is 19.3 Å². The van der Waals surface area contributed by atoms with Crippen molar-refractivity contribution in [3.05, 3.63) is 0 Å². The highest BCUT2D eigenvalue weighted by molar-refractivity contribution is 4.50. The van der Waals surface area contributed by atoms with Crippen LogP contribution in [0.1, 0.15) is 26.2 Å². The van der Waals surface area contributed by atoms with E-state index in [4.69, 9.17) is 5.11 Å². The number of rotatable bonds is 5. The second-order valence-corrected chi connectivity index (χ2v) is 2.46. The summed E-state index contributed by atoms with van der Waals surface area (Å²) < 4.78 is 0. The Kier molecular flexibility index (Phi) is 5.99. The maximum atomic E-state index is 10.0. The predicted molar refractivity (Wildman–Crippen MR) is 35.7 cm³/mol. The van der Waals surface area contributed by atoms with Crippen molar-refractivity contribution < 1.29 is 10.2 Å². The lowest BCUT2D eigenvalue weighted by Gasteiger charge is -2.05. The fourth-order valence-electron chi connectivity index (χ4n) is 0.785. The molecule has 1 unspecified atom stereocenters. The van der Waals surface area contributed by atoms with Gasteiger partial charge in [-0.05, 0) is 25.2 Å². The van der Waals surface area contributed by atoms with Crippen molar-refractivity contribution >= 4 is 0 Å². The molecule has 0 aromatic heterocycles. The summed E-state index contributed by atoms with van der Waals surface area (Å²) in [7, 11) is 0. The summed E-state index contributed by atoms with van der Waals surface area (Å²) in [6.07, 6.45) is 2.57. The SMILES string of the molecule is CC(CC[O])CCCO. The van der Waals surface area contributed by atoms with Crippen molar-refractivity contribution in [2.45, 2.75) is 26.2 Å². The van der Waals surface area contributed by atoms with Crippen molar-refractivity contribution in [1.29, 1.82) is 0 Å². The third-order valence-corrected chi connectivity index (χ3v) is 1.47. The molecular formula is C7H15O2. The van der Waals surface area contributed by atoms with Gasteiger partial charge in [0, 0.05) is 6.61 Å². The van der Waals surface area contributed by atoms with Gasteiger partial charge in [0.2, 0.25) is 0 Å². The van der Waals surface area contributed by atoms with Gasteiger partial charge >= 0.3 is 0 Å². The molecule has 1 radical (unpaired) electrons. The van der Waals surface area contributed by atoms with Crippen LogP contribution in [0.2, 0.25) is 0 Å². The van der Waals surface area contributed by atoms with Gasteiger partial charge in [0.1, 0.15) is 0 Å². The van der Waals surface area contributed by atoms with E-state index < -0.39 is 0 Å². The molecule has 0 spiro atoms. The van der Waals surface area contributed by atoms with Crippen LogP contribution in [0.4, 0.5) is 0 Å². The van der Waals surface area contributed by atoms with Crippen LogP contribution in [-0.2, 0) is 5.11 Å². The van der Waals surface area contributed by atoms with Crippen LogP contribution in [0, 0.1) is 5.92 Å². The minimum Gasteiger partial charge on any atom is -0.396 e. The summed E-state index contributed by atoms with van der Waals surface area (Å²) in [5.41, 5.74) is 0. The van der Waals surface area contributed by atoms with Gasteiger partial charge < -0.3 is 5.11 Å². The molecule has 1 atom stereocenters. The van der Waals surface area contributed by atoms with Crippen molar-refractivity contribution in [3.8, 4) is 0 Å². The van der Waals surface area contributed by atoms with Crippen LogP contribution in [0.5, 0.6) is 0 Å². The molecule has 2 heteroatoms. The molecule has 1 N–H and O–H groups in total. The number of hydrogen-bond donors (Lipinski definition) is 1. The molecule has 0 aliphatic heterocycles. The van der Waals surface area contributed by atoms with E-state index in [0.29, 0.717) is 5.92 Å². The Bertz CT molecular complexity index is 54.9. The first-order valence-corrected chi connectivity index (χ1v) is 3.50. The van der Waals surface area contributed by atoms with Crippen LogP contribution in [0.3, 0.4) is 0 Å². The molecule has 0 saturated carbocycles. The minimum absolute atomic E-state index is 0.0204. The molecule has 0 aromatic carbocycles. The molecular weight excluding hydrogens is 116 g/mol. The summed E-state index contributed by atoms with van der Waals surface area (Å²) in [5.74, 6) is 0.495. The topological polar surface area (TPSA) is 40.1 Å². The van der Waals surface area contributed by atoms with E-state index in [1.807, 2.05) is 6.92 Å². The van der Waals surface area contributed by atoms with Crippen LogP contribution in [-0.4, -0.2) is 18.3 Å². The fraction of sp³-hybridized carbons (Fsp3) is 1.00. The third-order valence-electron chi connectivity index (χ3n) is 1.47. The summed E-state index contributed by atoms with van der Waals surface area (Å²) in [5, 5.41) is 18.4. The van der Waals surface area contributed by atoms with Gasteiger partial charge in [-0.2, -0.15) is 0 Å². The lowest BCUT2D eigenvalue weighted by Crippen LogP contribution is -1.98. The number of aliphatic hydroxyl groups excluding tert-OH is 1. The second-order valence-electron chi connectivity index (χ2n) is 2.46. The van der Waals surface area contributed by atoms with E-state index in [1.54, 1.807) is 0 Å². The summed E-state index contributed by atoms with van der Waals surface area (Å²) in [6.45, 7) is 2.32. The lowest BCUT2D eigenvalue weighted by atomic mass is 10.0. The Balaban J connectivity index is 2.95. The van der Waals surface area contributed by atoms with Gasteiger partial charge in [-0.3, -0.25) is 0 Å². The average molecular weight is 131 g/mol. The predicted octanol–water partition coefficient (Wildman–Crippen LogP) is 1.22. The van der Waals surface area contributed by atoms with Crippen LogP contribution < -0.4 is 0 Å². The summed E-state index contributed by atoms with van der Waals surface area (Å²) >= 11 is 0. The molecule has 9 heavy (non-hydrogen) atoms. The molecule has 0 rings (SSSR count). The number of hydrogen-bond acceptors (Lipinski definition) is 1. The zero-order valence-electron chi connectivity index (χ0n) is 5.97. The quantitative estimate of drug-likeness (QED) is 0.598. The van der Waals surface area contributed by atoms with Gasteiger partial charge in [-0.25, -0.2) is 5.11 Å². The summed E-state index contributed by atoms with van der Waals surface area (Å²) in [4.78, 5) is 0. The smallest absolute Gasteiger partial charge is 0.0824 e. The monoisotopic (exact) mass is 131 g/mol. The standard InChI is InChI=1S/C7H15O2/c1-7(4-6-9)3-2-5-8/h7-8H,2-6H2,1H3. The Morgan fingerprint density at radius 1 is 1.44 bits per heavy atom. The largest absolute Gasteiger partial charge is 0.396 e. The maximum Gasteiger partial charge on any atom is 0.0824 e. The van der Waals surface area contributed by atoms with Crippen molar-refractivity contribution in [1.82, 2.24) is 0 Å². The first kappa shape index (κ1) is 8.92. The van der Waals surface area contributed by atoms with Crippen LogP contribution >= 0.6 is 0 Å². The van der Waals surface area contributed by atoms with Crippen molar-refractivity contribution in [3.63, 3.8) is 0 Å². The lowest BCUT2D eigenvalue weighted by molar-refractivity contribution is 0.168. The molecule has 0 bridgehead atoms. The molecule has 0 heterocycles. The van der Waals surface area contributed by atoms with Crippen LogP contribution in [0.15, 0.2) is 0 Å². The van der Waals surface area contributed by atoms with E-state index in [-0.39, 0.29) is 13.2 Å². The molecule has 0 aliphatic carbocycles.